The Kier molecular flexibility index (Phi) is 4.04. The third-order valence-electron chi connectivity index (χ3n) is 3.50. The van der Waals surface area contributed by atoms with Gasteiger partial charge >= 0.3 is 0 Å². The predicted octanol–water partition coefficient (Wildman–Crippen LogP) is 2.75. The summed E-state index contributed by atoms with van der Waals surface area (Å²) < 4.78 is 31.8. The van der Waals surface area contributed by atoms with Crippen LogP contribution in [0.1, 0.15) is 31.3 Å². The van der Waals surface area contributed by atoms with Crippen molar-refractivity contribution in [1.29, 1.82) is 0 Å². The number of hydrogen-bond acceptors (Lipinski definition) is 3. The first kappa shape index (κ1) is 13.9. The van der Waals surface area contributed by atoms with E-state index in [1.807, 2.05) is 0 Å². The van der Waals surface area contributed by atoms with E-state index in [-0.39, 0.29) is 10.8 Å². The normalized spacial score (nSPS) is 21.6. The Hall–Kier alpha value is -0.520. The van der Waals surface area contributed by atoms with E-state index in [2.05, 4.69) is 6.92 Å². The smallest absolute Gasteiger partial charge is 0.246 e. The summed E-state index contributed by atoms with van der Waals surface area (Å²) in [5.41, 5.74) is 0. The second kappa shape index (κ2) is 5.23. The molecule has 1 fully saturated rings. The Bertz CT molecular complexity index is 523. The molecule has 1 aromatic rings. The molecule has 6 heteroatoms. The van der Waals surface area contributed by atoms with Crippen LogP contribution in [0.2, 0.25) is 0 Å². The molecule has 0 saturated carbocycles. The Morgan fingerprint density at radius 2 is 2.28 bits per heavy atom. The maximum atomic E-state index is 12.5. The van der Waals surface area contributed by atoms with Crippen LogP contribution in [0.25, 0.3) is 0 Å². The molecule has 1 aliphatic rings. The van der Waals surface area contributed by atoms with Crippen LogP contribution < -0.4 is 0 Å². The molecule has 18 heavy (non-hydrogen) atoms. The van der Waals surface area contributed by atoms with Gasteiger partial charge in [0.1, 0.15) is 16.4 Å². The molecule has 0 bridgehead atoms. The van der Waals surface area contributed by atoms with Crippen LogP contribution in [-0.2, 0) is 15.9 Å². The minimum atomic E-state index is -3.42. The van der Waals surface area contributed by atoms with Crippen LogP contribution in [0, 0.1) is 12.8 Å². The van der Waals surface area contributed by atoms with E-state index in [0.717, 1.165) is 12.8 Å². The molecule has 0 aliphatic carbocycles. The maximum Gasteiger partial charge on any atom is 0.246 e. The monoisotopic (exact) mass is 291 g/mol. The van der Waals surface area contributed by atoms with Crippen molar-refractivity contribution in [3.05, 3.63) is 17.6 Å². The average Bonchev–Trinajstić information content (AvgIpc) is 2.95. The first-order valence-electron chi connectivity index (χ1n) is 6.14. The Labute approximate surface area is 113 Å². The summed E-state index contributed by atoms with van der Waals surface area (Å²) in [5.74, 6) is 1.58. The molecule has 1 aromatic heterocycles. The maximum absolute atomic E-state index is 12.5. The fraction of sp³-hybridized carbons (Fsp3) is 0.667. The molecule has 0 spiro atoms. The number of nitrogens with zero attached hydrogens (tertiary/aromatic N) is 1. The first-order valence-corrected chi connectivity index (χ1v) is 8.12. The van der Waals surface area contributed by atoms with Gasteiger partial charge in [0.25, 0.3) is 0 Å². The van der Waals surface area contributed by atoms with Gasteiger partial charge in [-0.2, -0.15) is 4.31 Å². The zero-order valence-corrected chi connectivity index (χ0v) is 12.2. The fourth-order valence-electron chi connectivity index (χ4n) is 2.33. The minimum Gasteiger partial charge on any atom is -0.464 e. The van der Waals surface area contributed by atoms with Crippen LogP contribution in [0.3, 0.4) is 0 Å². The molecule has 1 aliphatic heterocycles. The first-order chi connectivity index (χ1) is 8.48. The van der Waals surface area contributed by atoms with Crippen molar-refractivity contribution in [3.8, 4) is 0 Å². The van der Waals surface area contributed by atoms with E-state index >= 15 is 0 Å². The average molecular weight is 292 g/mol. The predicted molar refractivity (Wildman–Crippen MR) is 70.2 cm³/mol. The van der Waals surface area contributed by atoms with E-state index in [9.17, 15) is 8.42 Å². The summed E-state index contributed by atoms with van der Waals surface area (Å²) in [4.78, 5) is 0.259. The number of aryl methyl sites for hydroxylation is 1. The molecule has 4 nitrogen and oxygen atoms in total. The lowest BCUT2D eigenvalue weighted by molar-refractivity contribution is 0.448. The molecule has 0 aromatic carbocycles. The second-order valence-corrected chi connectivity index (χ2v) is 6.87. The summed E-state index contributed by atoms with van der Waals surface area (Å²) in [6, 6.07) is 1.54. The number of sulfonamides is 1. The van der Waals surface area contributed by atoms with Crippen molar-refractivity contribution in [2.75, 3.05) is 13.1 Å². The summed E-state index contributed by atoms with van der Waals surface area (Å²) in [6.07, 6.45) is 1.96. The van der Waals surface area contributed by atoms with E-state index in [1.165, 1.54) is 6.07 Å². The largest absolute Gasteiger partial charge is 0.464 e. The molecule has 2 rings (SSSR count). The summed E-state index contributed by atoms with van der Waals surface area (Å²) >= 11 is 5.67. The number of hydrogen-bond donors (Lipinski definition) is 0. The highest BCUT2D eigenvalue weighted by Crippen LogP contribution is 2.29. The molecule has 0 radical (unpaired) electrons. The molecule has 1 saturated heterocycles. The number of halogens is 1. The lowest BCUT2D eigenvalue weighted by Crippen LogP contribution is -2.29. The zero-order chi connectivity index (χ0) is 13.3. The Morgan fingerprint density at radius 1 is 1.56 bits per heavy atom. The molecule has 102 valence electrons. The van der Waals surface area contributed by atoms with Crippen molar-refractivity contribution in [2.45, 2.75) is 37.5 Å². The van der Waals surface area contributed by atoms with Crippen molar-refractivity contribution in [2.24, 2.45) is 5.92 Å². The quantitative estimate of drug-likeness (QED) is 0.802. The molecule has 1 unspecified atom stereocenters. The van der Waals surface area contributed by atoms with E-state index < -0.39 is 10.0 Å². The van der Waals surface area contributed by atoms with Gasteiger partial charge in [-0.25, -0.2) is 8.42 Å². The fourth-order valence-corrected chi connectivity index (χ4v) is 4.18. The number of alkyl halides is 1. The van der Waals surface area contributed by atoms with Gasteiger partial charge in [-0.15, -0.1) is 11.6 Å². The van der Waals surface area contributed by atoms with Crippen LogP contribution in [0.4, 0.5) is 0 Å². The Morgan fingerprint density at radius 3 is 2.78 bits per heavy atom. The summed E-state index contributed by atoms with van der Waals surface area (Å²) in [5, 5.41) is 0. The van der Waals surface area contributed by atoms with Gasteiger partial charge in [-0.3, -0.25) is 0 Å². The minimum absolute atomic E-state index is 0.188. The van der Waals surface area contributed by atoms with E-state index in [0.29, 0.717) is 30.5 Å². The number of rotatable bonds is 4. The standard InChI is InChI=1S/C12H18ClNO3S/c1-3-10-4-5-14(8-10)18(15,16)12-6-11(7-13)17-9(12)2/h6,10H,3-5,7-8H2,1-2H3. The van der Waals surface area contributed by atoms with Crippen molar-refractivity contribution >= 4 is 21.6 Å². The highest BCUT2D eigenvalue weighted by Gasteiger charge is 2.34. The lowest BCUT2D eigenvalue weighted by atomic mass is 10.1. The molecule has 0 amide bonds. The van der Waals surface area contributed by atoms with Gasteiger partial charge in [0.05, 0.1) is 5.88 Å². The topological polar surface area (TPSA) is 50.5 Å². The van der Waals surface area contributed by atoms with Gasteiger partial charge in [0.2, 0.25) is 10.0 Å². The summed E-state index contributed by atoms with van der Waals surface area (Å²) in [6.45, 7) is 4.97. The van der Waals surface area contributed by atoms with Gasteiger partial charge in [0, 0.05) is 19.2 Å². The second-order valence-electron chi connectivity index (χ2n) is 4.69. The molecule has 1 atom stereocenters. The molecule has 2 heterocycles. The third-order valence-corrected chi connectivity index (χ3v) is 5.73. The van der Waals surface area contributed by atoms with Crippen molar-refractivity contribution < 1.29 is 12.8 Å². The molecule has 0 N–H and O–H groups in total. The van der Waals surface area contributed by atoms with Crippen LogP contribution in [0.15, 0.2) is 15.4 Å². The lowest BCUT2D eigenvalue weighted by Gasteiger charge is -2.15. The van der Waals surface area contributed by atoms with E-state index in [4.69, 9.17) is 16.0 Å². The van der Waals surface area contributed by atoms with Crippen LogP contribution in [0.5, 0.6) is 0 Å². The number of furan rings is 1. The van der Waals surface area contributed by atoms with Gasteiger partial charge < -0.3 is 4.42 Å². The van der Waals surface area contributed by atoms with Gasteiger partial charge in [-0.05, 0) is 19.3 Å². The Balaban J connectivity index is 2.28. The summed E-state index contributed by atoms with van der Waals surface area (Å²) in [7, 11) is -3.42. The van der Waals surface area contributed by atoms with Gasteiger partial charge in [-0.1, -0.05) is 13.3 Å². The van der Waals surface area contributed by atoms with Crippen molar-refractivity contribution in [3.63, 3.8) is 0 Å². The SMILES string of the molecule is CCC1CCN(S(=O)(=O)c2cc(CCl)oc2C)C1. The van der Waals surface area contributed by atoms with E-state index in [1.54, 1.807) is 11.2 Å². The third kappa shape index (κ3) is 2.44. The molecular weight excluding hydrogens is 274 g/mol. The zero-order valence-electron chi connectivity index (χ0n) is 10.6. The highest BCUT2D eigenvalue weighted by atomic mass is 35.5. The molecular formula is C12H18ClNO3S. The highest BCUT2D eigenvalue weighted by molar-refractivity contribution is 7.89. The van der Waals surface area contributed by atoms with Crippen LogP contribution in [-0.4, -0.2) is 25.8 Å². The van der Waals surface area contributed by atoms with Crippen molar-refractivity contribution in [1.82, 2.24) is 4.31 Å². The van der Waals surface area contributed by atoms with Gasteiger partial charge in [0.15, 0.2) is 0 Å². The van der Waals surface area contributed by atoms with Crippen LogP contribution >= 0.6 is 11.6 Å².